The highest BCUT2D eigenvalue weighted by Crippen LogP contribution is 2.35. The van der Waals surface area contributed by atoms with Crippen LogP contribution in [-0.2, 0) is 19.6 Å². The van der Waals surface area contributed by atoms with Crippen molar-refractivity contribution < 1.29 is 27.5 Å². The first-order valence-electron chi connectivity index (χ1n) is 13.4. The van der Waals surface area contributed by atoms with E-state index in [1.807, 2.05) is 0 Å². The minimum Gasteiger partial charge on any atom is -0.619 e. The molecule has 44 heavy (non-hydrogen) atoms. The molecule has 1 saturated heterocycles. The Morgan fingerprint density at radius 2 is 1.59 bits per heavy atom. The molecule has 230 valence electrons. The van der Waals surface area contributed by atoms with Crippen LogP contribution in [0.1, 0.15) is 23.2 Å². The number of thiophene rings is 1. The predicted molar refractivity (Wildman–Crippen MR) is 163 cm³/mol. The summed E-state index contributed by atoms with van der Waals surface area (Å²) in [5, 5.41) is 17.6. The fourth-order valence-corrected chi connectivity index (χ4v) is 8.38. The fraction of sp³-hybridized carbons (Fsp3) is 0.286. The zero-order valence-electron chi connectivity index (χ0n) is 23.6. The number of pyridine rings is 1. The van der Waals surface area contributed by atoms with E-state index in [2.05, 4.69) is 20.6 Å². The van der Waals surface area contributed by atoms with E-state index in [0.717, 1.165) is 11.3 Å². The van der Waals surface area contributed by atoms with Crippen LogP contribution in [0.3, 0.4) is 0 Å². The van der Waals surface area contributed by atoms with Crippen LogP contribution in [-0.4, -0.2) is 84.6 Å². The lowest BCUT2D eigenvalue weighted by Gasteiger charge is -2.45. The second kappa shape index (κ2) is 12.8. The molecule has 1 aromatic carbocycles. The van der Waals surface area contributed by atoms with Crippen LogP contribution in [0.5, 0.6) is 0 Å². The van der Waals surface area contributed by atoms with Crippen molar-refractivity contribution in [1.82, 2.24) is 29.8 Å². The highest BCUT2D eigenvalue weighted by atomic mass is 35.5. The van der Waals surface area contributed by atoms with E-state index in [-0.39, 0.29) is 41.5 Å². The predicted octanol–water partition coefficient (Wildman–Crippen LogP) is 1.80. The van der Waals surface area contributed by atoms with Crippen molar-refractivity contribution in [1.29, 1.82) is 0 Å². The summed E-state index contributed by atoms with van der Waals surface area (Å²) >= 11 is 7.17. The largest absolute Gasteiger partial charge is 0.619 e. The molecule has 3 aromatic heterocycles. The van der Waals surface area contributed by atoms with E-state index in [9.17, 15) is 28.0 Å². The van der Waals surface area contributed by atoms with Crippen molar-refractivity contribution in [3.63, 3.8) is 0 Å². The summed E-state index contributed by atoms with van der Waals surface area (Å²) in [5.74, 6) is -1.09. The number of fused-ring (bicyclic) bond motifs is 1. The normalized spacial score (nSPS) is 17.4. The summed E-state index contributed by atoms with van der Waals surface area (Å²) in [6.45, 7) is -0.363. The Morgan fingerprint density at radius 1 is 1.00 bits per heavy atom. The third-order valence-electron chi connectivity index (χ3n) is 7.26. The lowest BCUT2D eigenvalue weighted by atomic mass is 10.00. The van der Waals surface area contributed by atoms with Crippen molar-refractivity contribution in [3.05, 3.63) is 77.0 Å². The van der Waals surface area contributed by atoms with Gasteiger partial charge in [0.05, 0.1) is 17.6 Å². The highest BCUT2D eigenvalue weighted by Gasteiger charge is 2.44. The summed E-state index contributed by atoms with van der Waals surface area (Å²) in [6.07, 6.45) is 4.82. The molecule has 0 spiro atoms. The first-order valence-corrected chi connectivity index (χ1v) is 16.1. The topological polar surface area (TPSA) is 169 Å². The first-order chi connectivity index (χ1) is 21.0. The van der Waals surface area contributed by atoms with Crippen molar-refractivity contribution in [2.75, 3.05) is 27.2 Å². The van der Waals surface area contributed by atoms with E-state index in [1.165, 1.54) is 60.2 Å². The third kappa shape index (κ3) is 6.50. The Morgan fingerprint density at radius 3 is 2.16 bits per heavy atom. The van der Waals surface area contributed by atoms with Crippen LogP contribution in [0.2, 0.25) is 5.02 Å². The summed E-state index contributed by atoms with van der Waals surface area (Å²) in [4.78, 5) is 49.2. The molecule has 2 atom stereocenters. The van der Waals surface area contributed by atoms with Gasteiger partial charge in [-0.25, -0.2) is 18.4 Å². The van der Waals surface area contributed by atoms with Crippen molar-refractivity contribution in [2.45, 2.75) is 29.1 Å². The number of carbonyl (C=O) groups is 3. The Hall–Kier alpha value is -4.18. The number of benzene rings is 1. The van der Waals surface area contributed by atoms with Gasteiger partial charge in [0, 0.05) is 79.8 Å². The number of carbonyl (C=O) groups excluding carboxylic acids is 3. The number of hydrogen-bond donors (Lipinski definition) is 2. The molecule has 0 radical (unpaired) electrons. The zero-order chi connectivity index (χ0) is 31.6. The second-order valence-electron chi connectivity index (χ2n) is 10.1. The monoisotopic (exact) mass is 657 g/mol. The SMILES string of the molecule is CNC(=O)CC1CN(S(=O)(=O)c2cc3ccc(Cl)cc3s2)CC(CC(=O)NC)N1C(=O)c1cnc(-c2cc[n+]([O-])cc2)nc1. The minimum absolute atomic E-state index is 0.0827. The number of rotatable bonds is 8. The molecular formula is C28H28ClN7O6S2. The van der Waals surface area contributed by atoms with E-state index < -0.39 is 39.8 Å². The third-order valence-corrected chi connectivity index (χ3v) is 10.9. The Kier molecular flexibility index (Phi) is 9.10. The van der Waals surface area contributed by atoms with Gasteiger partial charge in [0.25, 0.3) is 15.9 Å². The molecule has 0 aliphatic carbocycles. The number of piperazine rings is 1. The van der Waals surface area contributed by atoms with Crippen molar-refractivity contribution >= 4 is 60.8 Å². The lowest BCUT2D eigenvalue weighted by molar-refractivity contribution is -0.605. The number of halogens is 1. The molecule has 5 rings (SSSR count). The molecule has 1 aliphatic rings. The van der Waals surface area contributed by atoms with Gasteiger partial charge in [-0.2, -0.15) is 9.04 Å². The van der Waals surface area contributed by atoms with E-state index in [0.29, 0.717) is 25.4 Å². The van der Waals surface area contributed by atoms with Gasteiger partial charge in [0.2, 0.25) is 11.8 Å². The Bertz CT molecular complexity index is 1790. The Labute approximate surface area is 262 Å². The van der Waals surface area contributed by atoms with Gasteiger partial charge in [-0.05, 0) is 23.6 Å². The summed E-state index contributed by atoms with van der Waals surface area (Å²) in [7, 11) is -1.19. The molecule has 1 fully saturated rings. The highest BCUT2D eigenvalue weighted by molar-refractivity contribution is 7.91. The van der Waals surface area contributed by atoms with Crippen molar-refractivity contribution in [3.8, 4) is 11.4 Å². The minimum atomic E-state index is -4.08. The van der Waals surface area contributed by atoms with Gasteiger partial charge in [-0.1, -0.05) is 17.7 Å². The van der Waals surface area contributed by atoms with Crippen LogP contribution < -0.4 is 15.4 Å². The van der Waals surface area contributed by atoms with Gasteiger partial charge < -0.3 is 20.7 Å². The number of aromatic nitrogens is 3. The first kappa shape index (κ1) is 31.3. The van der Waals surface area contributed by atoms with E-state index >= 15 is 0 Å². The average molecular weight is 658 g/mol. The molecule has 2 unspecified atom stereocenters. The van der Waals surface area contributed by atoms with Crippen LogP contribution in [0.4, 0.5) is 0 Å². The maximum atomic E-state index is 14.0. The van der Waals surface area contributed by atoms with E-state index in [4.69, 9.17) is 11.6 Å². The average Bonchev–Trinajstić information content (AvgIpc) is 3.45. The fourth-order valence-electron chi connectivity index (χ4n) is 5.04. The summed E-state index contributed by atoms with van der Waals surface area (Å²) in [5.41, 5.74) is 0.651. The molecule has 13 nitrogen and oxygen atoms in total. The van der Waals surface area contributed by atoms with Crippen LogP contribution in [0.25, 0.3) is 21.5 Å². The molecule has 4 aromatic rings. The molecule has 0 bridgehead atoms. The molecule has 1 aliphatic heterocycles. The Balaban J connectivity index is 1.50. The number of sulfonamides is 1. The number of amides is 3. The molecule has 2 N–H and O–H groups in total. The standard InChI is InChI=1S/C28H28ClN7O6S2/c1-30-24(37)11-21-15-35(44(41,42)26-9-18-3-4-20(29)10-23(18)43-26)16-22(12-25(38)31-2)36(21)28(39)19-13-32-27(33-14-19)17-5-7-34(40)8-6-17/h3-10,13-14,21-22H,11-12,15-16H2,1-2H3,(H,30,37)(H,31,38). The zero-order valence-corrected chi connectivity index (χ0v) is 26.0. The summed E-state index contributed by atoms with van der Waals surface area (Å²) in [6, 6.07) is 7.90. The van der Waals surface area contributed by atoms with Gasteiger partial charge >= 0.3 is 0 Å². The van der Waals surface area contributed by atoms with Gasteiger partial charge in [-0.3, -0.25) is 14.4 Å². The van der Waals surface area contributed by atoms with Gasteiger partial charge in [0.1, 0.15) is 4.21 Å². The van der Waals surface area contributed by atoms with Crippen LogP contribution in [0.15, 0.2) is 65.4 Å². The van der Waals surface area contributed by atoms with Gasteiger partial charge in [0.15, 0.2) is 18.2 Å². The number of nitrogens with one attached hydrogen (secondary N) is 2. The van der Waals surface area contributed by atoms with E-state index in [1.54, 1.807) is 24.3 Å². The smallest absolute Gasteiger partial charge is 0.257 e. The van der Waals surface area contributed by atoms with Crippen LogP contribution >= 0.6 is 22.9 Å². The number of hydrogen-bond acceptors (Lipinski definition) is 9. The second-order valence-corrected chi connectivity index (χ2v) is 13.8. The molecule has 3 amide bonds. The number of nitrogens with zero attached hydrogens (tertiary/aromatic N) is 5. The maximum Gasteiger partial charge on any atom is 0.257 e. The lowest BCUT2D eigenvalue weighted by Crippen LogP contribution is -2.63. The summed E-state index contributed by atoms with van der Waals surface area (Å²) < 4.78 is 30.5. The maximum absolute atomic E-state index is 14.0. The molecule has 16 heteroatoms. The van der Waals surface area contributed by atoms with Gasteiger partial charge in [-0.15, -0.1) is 11.3 Å². The van der Waals surface area contributed by atoms with Crippen LogP contribution in [0, 0.1) is 5.21 Å². The molecular weight excluding hydrogens is 630 g/mol. The molecule has 0 saturated carbocycles. The molecule has 4 heterocycles. The quantitative estimate of drug-likeness (QED) is 0.214. The van der Waals surface area contributed by atoms with Crippen molar-refractivity contribution in [2.24, 2.45) is 0 Å².